The summed E-state index contributed by atoms with van der Waals surface area (Å²) in [4.78, 5) is 2.54. The highest BCUT2D eigenvalue weighted by molar-refractivity contribution is 5.26. The maximum Gasteiger partial charge on any atom is 0.0594 e. The molecule has 1 saturated heterocycles. The highest BCUT2D eigenvalue weighted by Gasteiger charge is 2.22. The van der Waals surface area contributed by atoms with E-state index in [0.717, 1.165) is 39.4 Å². The molecule has 2 aromatic rings. The standard InChI is InChI=1S/C21H28N2O/c1-17-7-9-19(10-8-17)21(23-11-13-24-14-12-23)16-22-15-20-6-4-3-5-18(20)2/h3-10,21-22H,11-16H2,1-2H3. The first-order valence-corrected chi connectivity index (χ1v) is 8.87. The van der Waals surface area contributed by atoms with Gasteiger partial charge in [0.15, 0.2) is 0 Å². The van der Waals surface area contributed by atoms with Gasteiger partial charge in [0.05, 0.1) is 13.2 Å². The molecule has 0 spiro atoms. The minimum atomic E-state index is 0.401. The van der Waals surface area contributed by atoms with E-state index in [0.29, 0.717) is 6.04 Å². The largest absolute Gasteiger partial charge is 0.379 e. The Labute approximate surface area is 145 Å². The predicted octanol–water partition coefficient (Wildman–Crippen LogP) is 3.47. The number of rotatable bonds is 6. The van der Waals surface area contributed by atoms with E-state index in [9.17, 15) is 0 Å². The van der Waals surface area contributed by atoms with Crippen LogP contribution in [0.25, 0.3) is 0 Å². The molecule has 1 heterocycles. The van der Waals surface area contributed by atoms with Crippen LogP contribution in [0.5, 0.6) is 0 Å². The number of hydrogen-bond donors (Lipinski definition) is 1. The Morgan fingerprint density at radius 2 is 1.71 bits per heavy atom. The van der Waals surface area contributed by atoms with Gasteiger partial charge in [0.2, 0.25) is 0 Å². The third-order valence-electron chi connectivity index (χ3n) is 4.86. The lowest BCUT2D eigenvalue weighted by Crippen LogP contribution is -2.42. The zero-order valence-electron chi connectivity index (χ0n) is 14.8. The Kier molecular flexibility index (Phi) is 6.02. The third-order valence-corrected chi connectivity index (χ3v) is 4.86. The lowest BCUT2D eigenvalue weighted by Gasteiger charge is -2.35. The zero-order chi connectivity index (χ0) is 16.8. The van der Waals surface area contributed by atoms with E-state index in [1.165, 1.54) is 22.3 Å². The van der Waals surface area contributed by atoms with Crippen molar-refractivity contribution in [2.45, 2.75) is 26.4 Å². The lowest BCUT2D eigenvalue weighted by atomic mass is 10.0. The molecule has 0 aromatic heterocycles. The lowest BCUT2D eigenvalue weighted by molar-refractivity contribution is 0.0161. The molecule has 1 unspecified atom stereocenters. The summed E-state index contributed by atoms with van der Waals surface area (Å²) in [5, 5.41) is 3.67. The fourth-order valence-corrected chi connectivity index (χ4v) is 3.29. The van der Waals surface area contributed by atoms with Gasteiger partial charge in [-0.2, -0.15) is 0 Å². The fraction of sp³-hybridized carbons (Fsp3) is 0.429. The SMILES string of the molecule is Cc1ccc(C(CNCc2ccccc2C)N2CCOCC2)cc1. The molecule has 0 saturated carbocycles. The second kappa shape index (κ2) is 8.43. The molecular weight excluding hydrogens is 296 g/mol. The van der Waals surface area contributed by atoms with Gasteiger partial charge in [0.1, 0.15) is 0 Å². The number of hydrogen-bond acceptors (Lipinski definition) is 3. The van der Waals surface area contributed by atoms with Gasteiger partial charge in [-0.05, 0) is 30.5 Å². The monoisotopic (exact) mass is 324 g/mol. The normalized spacial score (nSPS) is 16.9. The maximum absolute atomic E-state index is 5.53. The second-order valence-electron chi connectivity index (χ2n) is 6.63. The molecule has 3 rings (SSSR count). The van der Waals surface area contributed by atoms with E-state index in [-0.39, 0.29) is 0 Å². The van der Waals surface area contributed by atoms with Gasteiger partial charge in [-0.15, -0.1) is 0 Å². The molecule has 0 radical (unpaired) electrons. The summed E-state index contributed by atoms with van der Waals surface area (Å²) in [6.45, 7) is 9.87. The average molecular weight is 324 g/mol. The van der Waals surface area contributed by atoms with Crippen LogP contribution >= 0.6 is 0 Å². The number of nitrogens with zero attached hydrogens (tertiary/aromatic N) is 1. The molecule has 1 fully saturated rings. The highest BCUT2D eigenvalue weighted by Crippen LogP contribution is 2.22. The van der Waals surface area contributed by atoms with E-state index >= 15 is 0 Å². The number of nitrogens with one attached hydrogen (secondary N) is 1. The van der Waals surface area contributed by atoms with Crippen LogP contribution in [0.1, 0.15) is 28.3 Å². The Hall–Kier alpha value is -1.68. The molecular formula is C21H28N2O. The fourth-order valence-electron chi connectivity index (χ4n) is 3.29. The Morgan fingerprint density at radius 3 is 2.42 bits per heavy atom. The van der Waals surface area contributed by atoms with Crippen LogP contribution in [0, 0.1) is 13.8 Å². The van der Waals surface area contributed by atoms with Crippen molar-refractivity contribution in [3.05, 3.63) is 70.8 Å². The molecule has 2 aromatic carbocycles. The number of aryl methyl sites for hydroxylation is 2. The van der Waals surface area contributed by atoms with Gasteiger partial charge >= 0.3 is 0 Å². The zero-order valence-corrected chi connectivity index (χ0v) is 14.8. The van der Waals surface area contributed by atoms with E-state index in [2.05, 4.69) is 72.6 Å². The summed E-state index contributed by atoms with van der Waals surface area (Å²) in [5.41, 5.74) is 5.43. The molecule has 0 aliphatic carbocycles. The number of benzene rings is 2. The van der Waals surface area contributed by atoms with Gasteiger partial charge in [-0.3, -0.25) is 4.90 Å². The summed E-state index contributed by atoms with van der Waals surface area (Å²) in [6, 6.07) is 18.0. The summed E-state index contributed by atoms with van der Waals surface area (Å²) in [7, 11) is 0. The minimum Gasteiger partial charge on any atom is -0.379 e. The van der Waals surface area contributed by atoms with Crippen molar-refractivity contribution >= 4 is 0 Å². The maximum atomic E-state index is 5.53. The molecule has 0 amide bonds. The Morgan fingerprint density at radius 1 is 1.00 bits per heavy atom. The first-order chi connectivity index (χ1) is 11.7. The quantitative estimate of drug-likeness (QED) is 0.880. The molecule has 0 bridgehead atoms. The molecule has 1 N–H and O–H groups in total. The molecule has 3 heteroatoms. The number of morpholine rings is 1. The first kappa shape index (κ1) is 17.2. The van der Waals surface area contributed by atoms with Crippen molar-refractivity contribution in [3.63, 3.8) is 0 Å². The van der Waals surface area contributed by atoms with E-state index in [1.54, 1.807) is 0 Å². The highest BCUT2D eigenvalue weighted by atomic mass is 16.5. The van der Waals surface area contributed by atoms with Gasteiger partial charge in [0, 0.05) is 32.2 Å². The topological polar surface area (TPSA) is 24.5 Å². The van der Waals surface area contributed by atoms with Crippen LogP contribution in [-0.4, -0.2) is 37.7 Å². The van der Waals surface area contributed by atoms with Crippen LogP contribution in [0.4, 0.5) is 0 Å². The Balaban J connectivity index is 1.67. The van der Waals surface area contributed by atoms with Crippen molar-refractivity contribution in [2.75, 3.05) is 32.8 Å². The summed E-state index contributed by atoms with van der Waals surface area (Å²) < 4.78 is 5.53. The summed E-state index contributed by atoms with van der Waals surface area (Å²) >= 11 is 0. The van der Waals surface area contributed by atoms with Gasteiger partial charge in [-0.1, -0.05) is 54.1 Å². The molecule has 128 valence electrons. The van der Waals surface area contributed by atoms with Crippen molar-refractivity contribution < 1.29 is 4.74 Å². The smallest absolute Gasteiger partial charge is 0.0594 e. The second-order valence-corrected chi connectivity index (χ2v) is 6.63. The van der Waals surface area contributed by atoms with Crippen molar-refractivity contribution in [1.82, 2.24) is 10.2 Å². The van der Waals surface area contributed by atoms with Crippen LogP contribution in [0.15, 0.2) is 48.5 Å². The molecule has 1 aliphatic heterocycles. The summed E-state index contributed by atoms with van der Waals surface area (Å²) in [5.74, 6) is 0. The van der Waals surface area contributed by atoms with Gasteiger partial charge < -0.3 is 10.1 Å². The molecule has 1 aliphatic rings. The van der Waals surface area contributed by atoms with Gasteiger partial charge in [0.25, 0.3) is 0 Å². The first-order valence-electron chi connectivity index (χ1n) is 8.87. The van der Waals surface area contributed by atoms with Crippen molar-refractivity contribution in [1.29, 1.82) is 0 Å². The average Bonchev–Trinajstić information content (AvgIpc) is 2.62. The van der Waals surface area contributed by atoms with Crippen LogP contribution in [-0.2, 0) is 11.3 Å². The van der Waals surface area contributed by atoms with Gasteiger partial charge in [-0.25, -0.2) is 0 Å². The minimum absolute atomic E-state index is 0.401. The summed E-state index contributed by atoms with van der Waals surface area (Å²) in [6.07, 6.45) is 0. The Bertz CT molecular complexity index is 633. The molecule has 3 nitrogen and oxygen atoms in total. The van der Waals surface area contributed by atoms with E-state index in [1.807, 2.05) is 0 Å². The molecule has 24 heavy (non-hydrogen) atoms. The number of ether oxygens (including phenoxy) is 1. The predicted molar refractivity (Wildman–Crippen MR) is 99.2 cm³/mol. The van der Waals surface area contributed by atoms with Crippen molar-refractivity contribution in [3.8, 4) is 0 Å². The van der Waals surface area contributed by atoms with E-state index < -0.39 is 0 Å². The third kappa shape index (κ3) is 4.44. The van der Waals surface area contributed by atoms with Crippen LogP contribution in [0.2, 0.25) is 0 Å². The molecule has 1 atom stereocenters. The van der Waals surface area contributed by atoms with E-state index in [4.69, 9.17) is 4.74 Å². The van der Waals surface area contributed by atoms with Crippen LogP contribution < -0.4 is 5.32 Å². The van der Waals surface area contributed by atoms with Crippen LogP contribution in [0.3, 0.4) is 0 Å². The van der Waals surface area contributed by atoms with Crippen molar-refractivity contribution in [2.24, 2.45) is 0 Å².